The molecule has 0 spiro atoms. The Bertz CT molecular complexity index is 569. The zero-order valence-electron chi connectivity index (χ0n) is 9.61. The van der Waals surface area contributed by atoms with Crippen molar-refractivity contribution in [3.63, 3.8) is 0 Å². The molecule has 1 aromatic carbocycles. The van der Waals surface area contributed by atoms with Crippen LogP contribution in [0.15, 0.2) is 24.4 Å². The summed E-state index contributed by atoms with van der Waals surface area (Å²) in [6, 6.07) is 7.95. The molecule has 0 radical (unpaired) electrons. The lowest BCUT2D eigenvalue weighted by atomic mass is 10.2. The molecule has 0 fully saturated rings. The van der Waals surface area contributed by atoms with Crippen LogP contribution in [0.25, 0.3) is 10.9 Å². The van der Waals surface area contributed by atoms with Crippen LogP contribution in [0.3, 0.4) is 0 Å². The summed E-state index contributed by atoms with van der Waals surface area (Å²) in [6.07, 6.45) is 1.87. The van der Waals surface area contributed by atoms with E-state index < -0.39 is 0 Å². The van der Waals surface area contributed by atoms with Gasteiger partial charge < -0.3 is 9.30 Å². The number of aryl methyl sites for hydroxylation is 1. The fourth-order valence-corrected chi connectivity index (χ4v) is 1.95. The Labute approximate surface area is 105 Å². The Morgan fingerprint density at radius 3 is 2.94 bits per heavy atom. The van der Waals surface area contributed by atoms with Crippen LogP contribution in [-0.4, -0.2) is 17.1 Å². The summed E-state index contributed by atoms with van der Waals surface area (Å²) in [5.74, 6) is 1.26. The molecule has 3 nitrogen and oxygen atoms in total. The Hall–Kier alpha value is -1.66. The van der Waals surface area contributed by atoms with Crippen molar-refractivity contribution in [1.29, 1.82) is 5.26 Å². The van der Waals surface area contributed by atoms with Crippen molar-refractivity contribution >= 4 is 22.5 Å². The molecule has 0 atom stereocenters. The number of hydrogen-bond donors (Lipinski definition) is 0. The Morgan fingerprint density at radius 1 is 1.47 bits per heavy atom. The molecule has 0 saturated heterocycles. The molecular weight excluding hydrogens is 236 g/mol. The van der Waals surface area contributed by atoms with Gasteiger partial charge >= 0.3 is 0 Å². The van der Waals surface area contributed by atoms with Gasteiger partial charge in [-0.2, -0.15) is 5.26 Å². The molecule has 0 N–H and O–H groups in total. The zero-order valence-corrected chi connectivity index (χ0v) is 10.4. The molecular formula is C13H13ClN2O. The largest absolute Gasteiger partial charge is 0.492 e. The third-order valence-electron chi connectivity index (χ3n) is 2.66. The maximum atomic E-state index is 9.04. The van der Waals surface area contributed by atoms with Gasteiger partial charge in [-0.25, -0.2) is 0 Å². The Kier molecular flexibility index (Phi) is 3.55. The van der Waals surface area contributed by atoms with Crippen molar-refractivity contribution in [3.8, 4) is 11.8 Å². The second kappa shape index (κ2) is 5.11. The van der Waals surface area contributed by atoms with E-state index in [9.17, 15) is 0 Å². The Morgan fingerprint density at radius 2 is 2.29 bits per heavy atom. The molecule has 1 heterocycles. The number of rotatable bonds is 4. The number of aromatic nitrogens is 1. The minimum atomic E-state index is 0.469. The fraction of sp³-hybridized carbons (Fsp3) is 0.308. The highest BCUT2D eigenvalue weighted by molar-refractivity contribution is 6.18. The molecule has 0 saturated carbocycles. The topological polar surface area (TPSA) is 38.0 Å². The second-order valence-corrected chi connectivity index (χ2v) is 4.03. The van der Waals surface area contributed by atoms with Gasteiger partial charge in [0.05, 0.1) is 17.0 Å². The number of fused-ring (bicyclic) bond motifs is 1. The quantitative estimate of drug-likeness (QED) is 0.780. The summed E-state index contributed by atoms with van der Waals surface area (Å²) < 4.78 is 7.52. The average molecular weight is 249 g/mol. The highest BCUT2D eigenvalue weighted by Gasteiger charge is 2.08. The molecule has 0 aliphatic heterocycles. The van der Waals surface area contributed by atoms with Gasteiger partial charge in [0.2, 0.25) is 0 Å². The molecule has 0 aliphatic carbocycles. The summed E-state index contributed by atoms with van der Waals surface area (Å²) in [7, 11) is 0. The van der Waals surface area contributed by atoms with Crippen LogP contribution in [0, 0.1) is 11.3 Å². The molecule has 2 rings (SSSR count). The van der Waals surface area contributed by atoms with E-state index in [4.69, 9.17) is 21.6 Å². The monoisotopic (exact) mass is 248 g/mol. The van der Waals surface area contributed by atoms with E-state index in [0.717, 1.165) is 23.2 Å². The predicted octanol–water partition coefficient (Wildman–Crippen LogP) is 3.15. The van der Waals surface area contributed by atoms with Crippen molar-refractivity contribution in [1.82, 2.24) is 4.57 Å². The number of benzene rings is 1. The number of nitriles is 1. The van der Waals surface area contributed by atoms with Crippen LogP contribution < -0.4 is 4.74 Å². The molecule has 2 aromatic rings. The van der Waals surface area contributed by atoms with Crippen LogP contribution in [0.5, 0.6) is 5.75 Å². The SMILES string of the molecule is CCn1cc(C#N)c2ccc(OCCCl)cc21. The summed E-state index contributed by atoms with van der Waals surface area (Å²) in [6.45, 7) is 3.37. The average Bonchev–Trinajstić information content (AvgIpc) is 2.73. The van der Waals surface area contributed by atoms with Crippen molar-refractivity contribution < 1.29 is 4.74 Å². The molecule has 0 amide bonds. The van der Waals surface area contributed by atoms with Gasteiger partial charge in [-0.1, -0.05) is 0 Å². The lowest BCUT2D eigenvalue weighted by Gasteiger charge is -2.05. The van der Waals surface area contributed by atoms with Gasteiger partial charge in [0.25, 0.3) is 0 Å². The predicted molar refractivity (Wildman–Crippen MR) is 68.5 cm³/mol. The molecule has 0 bridgehead atoms. The highest BCUT2D eigenvalue weighted by Crippen LogP contribution is 2.25. The van der Waals surface area contributed by atoms with Gasteiger partial charge in [-0.15, -0.1) is 11.6 Å². The third kappa shape index (κ3) is 2.22. The summed E-state index contributed by atoms with van der Waals surface area (Å²) in [5.41, 5.74) is 1.72. The summed E-state index contributed by atoms with van der Waals surface area (Å²) >= 11 is 5.58. The maximum Gasteiger partial charge on any atom is 0.121 e. The van der Waals surface area contributed by atoms with E-state index in [-0.39, 0.29) is 0 Å². The molecule has 4 heteroatoms. The van der Waals surface area contributed by atoms with Crippen molar-refractivity contribution in [2.45, 2.75) is 13.5 Å². The van der Waals surface area contributed by atoms with Gasteiger partial charge in [-0.3, -0.25) is 0 Å². The first-order chi connectivity index (χ1) is 8.30. The lowest BCUT2D eigenvalue weighted by Crippen LogP contribution is -1.98. The molecule has 17 heavy (non-hydrogen) atoms. The molecule has 1 aromatic heterocycles. The van der Waals surface area contributed by atoms with E-state index in [0.29, 0.717) is 18.1 Å². The fourth-order valence-electron chi connectivity index (χ4n) is 1.87. The highest BCUT2D eigenvalue weighted by atomic mass is 35.5. The van der Waals surface area contributed by atoms with Crippen LogP contribution >= 0.6 is 11.6 Å². The van der Waals surface area contributed by atoms with Crippen LogP contribution in [0.1, 0.15) is 12.5 Å². The maximum absolute atomic E-state index is 9.04. The minimum absolute atomic E-state index is 0.469. The summed E-state index contributed by atoms with van der Waals surface area (Å²) in [4.78, 5) is 0. The van der Waals surface area contributed by atoms with Crippen molar-refractivity contribution in [2.75, 3.05) is 12.5 Å². The van der Waals surface area contributed by atoms with Gasteiger partial charge in [0.1, 0.15) is 18.4 Å². The second-order valence-electron chi connectivity index (χ2n) is 3.66. The van der Waals surface area contributed by atoms with Crippen LogP contribution in [-0.2, 0) is 6.54 Å². The van der Waals surface area contributed by atoms with E-state index in [2.05, 4.69) is 6.07 Å². The van der Waals surface area contributed by atoms with Crippen LogP contribution in [0.4, 0.5) is 0 Å². The van der Waals surface area contributed by atoms with E-state index in [1.807, 2.05) is 35.9 Å². The standard InChI is InChI=1S/C13H13ClN2O/c1-2-16-9-10(8-15)12-4-3-11(7-13(12)16)17-6-5-14/h3-4,7,9H,2,5-6H2,1H3. The first-order valence-corrected chi connectivity index (χ1v) is 6.05. The van der Waals surface area contributed by atoms with E-state index in [1.54, 1.807) is 0 Å². The summed E-state index contributed by atoms with van der Waals surface area (Å²) in [5, 5.41) is 10.0. The number of hydrogen-bond acceptors (Lipinski definition) is 2. The number of ether oxygens (including phenoxy) is 1. The first-order valence-electron chi connectivity index (χ1n) is 5.52. The number of nitrogens with zero attached hydrogens (tertiary/aromatic N) is 2. The van der Waals surface area contributed by atoms with E-state index in [1.165, 1.54) is 0 Å². The van der Waals surface area contributed by atoms with Crippen LogP contribution in [0.2, 0.25) is 0 Å². The lowest BCUT2D eigenvalue weighted by molar-refractivity contribution is 0.343. The third-order valence-corrected chi connectivity index (χ3v) is 2.82. The molecule has 0 aliphatic rings. The van der Waals surface area contributed by atoms with Gasteiger partial charge in [0, 0.05) is 24.2 Å². The zero-order chi connectivity index (χ0) is 12.3. The smallest absolute Gasteiger partial charge is 0.121 e. The van der Waals surface area contributed by atoms with Gasteiger partial charge in [0.15, 0.2) is 0 Å². The van der Waals surface area contributed by atoms with Gasteiger partial charge in [-0.05, 0) is 19.1 Å². The first kappa shape index (κ1) is 11.8. The van der Waals surface area contributed by atoms with Crippen molar-refractivity contribution in [2.24, 2.45) is 0 Å². The molecule has 0 unspecified atom stereocenters. The van der Waals surface area contributed by atoms with Crippen molar-refractivity contribution in [3.05, 3.63) is 30.0 Å². The minimum Gasteiger partial charge on any atom is -0.492 e. The van der Waals surface area contributed by atoms with E-state index >= 15 is 0 Å². The molecule has 88 valence electrons. The number of alkyl halides is 1. The Balaban J connectivity index is 2.49. The number of halogens is 1. The normalized spacial score (nSPS) is 10.4.